The number of halogens is 1. The molecule has 154 valence electrons. The molecule has 2 aliphatic rings. The molecule has 2 aromatic carbocycles. The second kappa shape index (κ2) is 8.82. The van der Waals surface area contributed by atoms with E-state index in [-0.39, 0.29) is 18.3 Å². The first-order chi connectivity index (χ1) is 14.1. The number of benzene rings is 2. The van der Waals surface area contributed by atoms with Crippen LogP contribution in [0, 0.1) is 5.82 Å². The Balaban J connectivity index is 1.26. The van der Waals surface area contributed by atoms with Gasteiger partial charge in [-0.2, -0.15) is 0 Å². The Morgan fingerprint density at radius 1 is 1.10 bits per heavy atom. The van der Waals surface area contributed by atoms with Crippen LogP contribution in [0.4, 0.5) is 4.39 Å². The van der Waals surface area contributed by atoms with Crippen LogP contribution in [0.2, 0.25) is 0 Å². The molecule has 0 atom stereocenters. The van der Waals surface area contributed by atoms with Gasteiger partial charge in [0.1, 0.15) is 23.9 Å². The normalized spacial score (nSPS) is 16.6. The highest BCUT2D eigenvalue weighted by Gasteiger charge is 2.25. The number of carbonyl (C=O) groups excluding carboxylic acids is 1. The van der Waals surface area contributed by atoms with Gasteiger partial charge in [-0.3, -0.25) is 4.79 Å². The maximum Gasteiger partial charge on any atom is 0.260 e. The Kier molecular flexibility index (Phi) is 6.00. The Morgan fingerprint density at radius 2 is 1.90 bits per heavy atom. The number of quaternary nitrogens is 1. The van der Waals surface area contributed by atoms with Crippen molar-refractivity contribution in [3.63, 3.8) is 0 Å². The van der Waals surface area contributed by atoms with Crippen LogP contribution in [0.5, 0.6) is 11.5 Å². The van der Waals surface area contributed by atoms with Crippen LogP contribution in [0.1, 0.15) is 23.1 Å². The molecule has 1 saturated heterocycles. The number of aryl methyl sites for hydroxylation is 2. The molecule has 0 spiro atoms. The molecule has 2 aromatic rings. The molecule has 0 aromatic heterocycles. The second-order valence-corrected chi connectivity index (χ2v) is 7.84. The minimum atomic E-state index is -0.252. The van der Waals surface area contributed by atoms with Crippen molar-refractivity contribution in [3.05, 3.63) is 58.9 Å². The largest absolute Gasteiger partial charge is 0.496 e. The molecule has 6 heteroatoms. The van der Waals surface area contributed by atoms with Crippen molar-refractivity contribution < 1.29 is 23.6 Å². The summed E-state index contributed by atoms with van der Waals surface area (Å²) in [5.41, 5.74) is 3.61. The molecule has 0 radical (unpaired) electrons. The number of amides is 1. The van der Waals surface area contributed by atoms with E-state index < -0.39 is 0 Å². The number of hydrogen-bond acceptors (Lipinski definition) is 3. The lowest BCUT2D eigenvalue weighted by atomic mass is 10.1. The van der Waals surface area contributed by atoms with Gasteiger partial charge in [0.25, 0.3) is 5.91 Å². The zero-order valence-corrected chi connectivity index (χ0v) is 16.9. The summed E-state index contributed by atoms with van der Waals surface area (Å²) in [6, 6.07) is 10.8. The molecule has 4 rings (SSSR count). The molecule has 29 heavy (non-hydrogen) atoms. The van der Waals surface area contributed by atoms with Gasteiger partial charge in [0.05, 0.1) is 38.9 Å². The number of rotatable bonds is 6. The summed E-state index contributed by atoms with van der Waals surface area (Å²) in [6.07, 6.45) is 3.44. The van der Waals surface area contributed by atoms with Crippen LogP contribution < -0.4 is 14.4 Å². The first-order valence-electron chi connectivity index (χ1n) is 10.3. The molecule has 0 unspecified atom stereocenters. The van der Waals surface area contributed by atoms with Crippen LogP contribution in [0.25, 0.3) is 0 Å². The second-order valence-electron chi connectivity index (χ2n) is 7.84. The van der Waals surface area contributed by atoms with E-state index in [0.717, 1.165) is 37.2 Å². The van der Waals surface area contributed by atoms with Crippen LogP contribution in [-0.2, 0) is 24.2 Å². The fourth-order valence-corrected chi connectivity index (χ4v) is 4.28. The molecule has 0 bridgehead atoms. The topological polar surface area (TPSA) is 43.2 Å². The third kappa shape index (κ3) is 4.70. The van der Waals surface area contributed by atoms with E-state index in [9.17, 15) is 9.18 Å². The molecule has 1 amide bonds. The van der Waals surface area contributed by atoms with Crippen molar-refractivity contribution in [2.45, 2.75) is 25.8 Å². The third-order valence-electron chi connectivity index (χ3n) is 5.94. The van der Waals surface area contributed by atoms with Crippen LogP contribution in [0.3, 0.4) is 0 Å². The van der Waals surface area contributed by atoms with Crippen molar-refractivity contribution in [1.82, 2.24) is 4.90 Å². The fourth-order valence-electron chi connectivity index (χ4n) is 4.28. The predicted molar refractivity (Wildman–Crippen MR) is 108 cm³/mol. The Labute approximate surface area is 171 Å². The van der Waals surface area contributed by atoms with E-state index in [4.69, 9.17) is 9.47 Å². The quantitative estimate of drug-likeness (QED) is 0.803. The molecular formula is C23H28FN2O3+. The summed E-state index contributed by atoms with van der Waals surface area (Å²) >= 11 is 0. The van der Waals surface area contributed by atoms with Gasteiger partial charge in [-0.15, -0.1) is 0 Å². The Hall–Kier alpha value is -2.60. The third-order valence-corrected chi connectivity index (χ3v) is 5.94. The minimum Gasteiger partial charge on any atom is -0.496 e. The number of ether oxygens (including phenoxy) is 2. The van der Waals surface area contributed by atoms with E-state index in [0.29, 0.717) is 25.4 Å². The van der Waals surface area contributed by atoms with Crippen molar-refractivity contribution in [2.24, 2.45) is 0 Å². The number of methoxy groups -OCH3 is 1. The van der Waals surface area contributed by atoms with Gasteiger partial charge in [-0.1, -0.05) is 6.07 Å². The Morgan fingerprint density at radius 3 is 2.69 bits per heavy atom. The minimum absolute atomic E-state index is 0.0212. The first kappa shape index (κ1) is 19.7. The highest BCUT2D eigenvalue weighted by molar-refractivity contribution is 5.77. The molecular weight excluding hydrogens is 371 g/mol. The SMILES string of the molecule is COc1ccc(F)cc1C[NH+]1CCN(C(=O)COc2ccc3c(c2)CCC3)CC1. The van der Waals surface area contributed by atoms with Crippen LogP contribution in [-0.4, -0.2) is 50.7 Å². The number of piperazine rings is 1. The summed E-state index contributed by atoms with van der Waals surface area (Å²) in [5, 5.41) is 0. The monoisotopic (exact) mass is 399 g/mol. The lowest BCUT2D eigenvalue weighted by molar-refractivity contribution is -0.917. The zero-order chi connectivity index (χ0) is 20.2. The highest BCUT2D eigenvalue weighted by atomic mass is 19.1. The maximum atomic E-state index is 13.6. The standard InChI is InChI=1S/C23H27FN2O3/c1-28-22-8-6-20(24)13-19(22)15-25-9-11-26(12-10-25)23(27)16-29-21-7-5-17-3-2-4-18(17)14-21/h5-8,13-14H,2-4,9-12,15-16H2,1H3/p+1. The number of carbonyl (C=O) groups is 1. The maximum absolute atomic E-state index is 13.6. The van der Waals surface area contributed by atoms with E-state index in [1.54, 1.807) is 13.2 Å². The van der Waals surface area contributed by atoms with Crippen molar-refractivity contribution >= 4 is 5.91 Å². The van der Waals surface area contributed by atoms with Gasteiger partial charge in [0.15, 0.2) is 6.61 Å². The zero-order valence-electron chi connectivity index (χ0n) is 16.9. The molecule has 1 fully saturated rings. The van der Waals surface area contributed by atoms with Gasteiger partial charge in [0, 0.05) is 0 Å². The van der Waals surface area contributed by atoms with Gasteiger partial charge in [0.2, 0.25) is 0 Å². The lowest BCUT2D eigenvalue weighted by Crippen LogP contribution is -3.13. The van der Waals surface area contributed by atoms with Crippen molar-refractivity contribution in [1.29, 1.82) is 0 Å². The van der Waals surface area contributed by atoms with Gasteiger partial charge < -0.3 is 19.3 Å². The fraction of sp³-hybridized carbons (Fsp3) is 0.435. The molecule has 1 N–H and O–H groups in total. The average Bonchev–Trinajstić information content (AvgIpc) is 3.21. The molecule has 1 aliphatic carbocycles. The summed E-state index contributed by atoms with van der Waals surface area (Å²) in [7, 11) is 1.60. The van der Waals surface area contributed by atoms with E-state index >= 15 is 0 Å². The predicted octanol–water partition coefficient (Wildman–Crippen LogP) is 1.63. The molecule has 0 saturated carbocycles. The molecule has 5 nitrogen and oxygen atoms in total. The van der Waals surface area contributed by atoms with Crippen molar-refractivity contribution in [3.8, 4) is 11.5 Å². The van der Waals surface area contributed by atoms with E-state index in [1.165, 1.54) is 34.6 Å². The summed E-state index contributed by atoms with van der Waals surface area (Å²) in [6.45, 7) is 3.77. The van der Waals surface area contributed by atoms with E-state index in [2.05, 4.69) is 12.1 Å². The number of nitrogens with zero attached hydrogens (tertiary/aromatic N) is 1. The first-order valence-corrected chi connectivity index (χ1v) is 10.3. The number of hydrogen-bond donors (Lipinski definition) is 1. The molecule has 1 aliphatic heterocycles. The van der Waals surface area contributed by atoms with Crippen molar-refractivity contribution in [2.75, 3.05) is 39.9 Å². The van der Waals surface area contributed by atoms with Crippen LogP contribution >= 0.6 is 0 Å². The van der Waals surface area contributed by atoms with Crippen LogP contribution in [0.15, 0.2) is 36.4 Å². The smallest absolute Gasteiger partial charge is 0.260 e. The lowest BCUT2D eigenvalue weighted by Gasteiger charge is -2.32. The highest BCUT2D eigenvalue weighted by Crippen LogP contribution is 2.26. The number of nitrogens with one attached hydrogen (secondary N) is 1. The van der Waals surface area contributed by atoms with Gasteiger partial charge in [-0.05, 0) is 60.7 Å². The number of fused-ring (bicyclic) bond motifs is 1. The molecule has 1 heterocycles. The van der Waals surface area contributed by atoms with E-state index in [1.807, 2.05) is 11.0 Å². The summed E-state index contributed by atoms with van der Waals surface area (Å²) in [4.78, 5) is 15.7. The summed E-state index contributed by atoms with van der Waals surface area (Å²) in [5.74, 6) is 1.26. The average molecular weight is 399 g/mol. The van der Waals surface area contributed by atoms with Gasteiger partial charge >= 0.3 is 0 Å². The Bertz CT molecular complexity index is 878. The summed E-state index contributed by atoms with van der Waals surface area (Å²) < 4.78 is 24.7. The van der Waals surface area contributed by atoms with Gasteiger partial charge in [-0.25, -0.2) is 4.39 Å².